The summed E-state index contributed by atoms with van der Waals surface area (Å²) in [5.74, 6) is -1.13. The van der Waals surface area contributed by atoms with Crippen molar-refractivity contribution >= 4 is 23.2 Å². The van der Waals surface area contributed by atoms with Crippen molar-refractivity contribution < 1.29 is 23.1 Å². The second kappa shape index (κ2) is 6.16. The van der Waals surface area contributed by atoms with Crippen LogP contribution < -0.4 is 0 Å². The Morgan fingerprint density at radius 3 is 2.32 bits per heavy atom. The van der Waals surface area contributed by atoms with Gasteiger partial charge in [0.05, 0.1) is 22.7 Å². The van der Waals surface area contributed by atoms with Gasteiger partial charge in [-0.05, 0) is 17.7 Å². The van der Waals surface area contributed by atoms with Gasteiger partial charge in [-0.2, -0.15) is 23.3 Å². The zero-order chi connectivity index (χ0) is 18.2. The molecular formula is C17H12ClF3N2O2. The predicted octanol–water partition coefficient (Wildman–Crippen LogP) is 3.84. The minimum Gasteiger partial charge on any atom is -0.362 e. The minimum atomic E-state index is -5.09. The zero-order valence-electron chi connectivity index (χ0n) is 12.7. The molecule has 1 amide bonds. The number of hydrogen-bond acceptors (Lipinski definition) is 3. The molecule has 0 fully saturated rings. The molecule has 1 atom stereocenters. The largest absolute Gasteiger partial charge is 0.438 e. The van der Waals surface area contributed by atoms with E-state index in [1.54, 1.807) is 30.3 Å². The third kappa shape index (κ3) is 3.01. The molecule has 1 aliphatic rings. The molecule has 1 aliphatic heterocycles. The summed E-state index contributed by atoms with van der Waals surface area (Å²) in [4.78, 5) is 12.6. The summed E-state index contributed by atoms with van der Waals surface area (Å²) < 4.78 is 40.5. The van der Waals surface area contributed by atoms with Gasteiger partial charge in [0.15, 0.2) is 0 Å². The molecule has 0 radical (unpaired) electrons. The van der Waals surface area contributed by atoms with Crippen LogP contribution in [0.5, 0.6) is 0 Å². The molecule has 0 saturated heterocycles. The third-order valence-corrected chi connectivity index (χ3v) is 4.17. The van der Waals surface area contributed by atoms with Crippen LogP contribution in [-0.4, -0.2) is 33.6 Å². The van der Waals surface area contributed by atoms with Gasteiger partial charge in [0.25, 0.3) is 11.6 Å². The molecule has 0 aliphatic carbocycles. The molecule has 2 aromatic carbocycles. The van der Waals surface area contributed by atoms with Gasteiger partial charge in [-0.1, -0.05) is 54.1 Å². The Hall–Kier alpha value is -2.38. The summed E-state index contributed by atoms with van der Waals surface area (Å²) in [5.41, 5.74) is -3.26. The molecule has 1 heterocycles. The van der Waals surface area contributed by atoms with Gasteiger partial charge >= 0.3 is 6.18 Å². The Balaban J connectivity index is 2.08. The van der Waals surface area contributed by atoms with Crippen LogP contribution in [0.25, 0.3) is 0 Å². The topological polar surface area (TPSA) is 52.9 Å². The number of carbonyl (C=O) groups is 1. The highest BCUT2D eigenvalue weighted by Gasteiger charge is 2.63. The van der Waals surface area contributed by atoms with E-state index in [1.807, 2.05) is 0 Å². The van der Waals surface area contributed by atoms with Gasteiger partial charge in [0.2, 0.25) is 0 Å². The first-order valence-corrected chi connectivity index (χ1v) is 7.63. The number of alkyl halides is 3. The molecule has 4 nitrogen and oxygen atoms in total. The molecule has 0 spiro atoms. The van der Waals surface area contributed by atoms with Crippen molar-refractivity contribution in [1.29, 1.82) is 0 Å². The van der Waals surface area contributed by atoms with Crippen LogP contribution in [0.4, 0.5) is 13.2 Å². The lowest BCUT2D eigenvalue weighted by Crippen LogP contribution is -2.56. The van der Waals surface area contributed by atoms with Crippen molar-refractivity contribution in [2.24, 2.45) is 5.10 Å². The Morgan fingerprint density at radius 1 is 1.12 bits per heavy atom. The van der Waals surface area contributed by atoms with Crippen LogP contribution in [-0.2, 0) is 0 Å². The Morgan fingerprint density at radius 2 is 1.72 bits per heavy atom. The molecule has 0 saturated carbocycles. The molecule has 2 aromatic rings. The Kier molecular flexibility index (Phi) is 4.30. The van der Waals surface area contributed by atoms with Crippen LogP contribution in [0, 0.1) is 0 Å². The molecule has 1 unspecified atom stereocenters. The fraction of sp³-hybridized carbons (Fsp3) is 0.176. The second-order valence-corrected chi connectivity index (χ2v) is 5.91. The van der Waals surface area contributed by atoms with Gasteiger partial charge in [0, 0.05) is 0 Å². The summed E-state index contributed by atoms with van der Waals surface area (Å²) >= 11 is 5.90. The normalized spacial score (nSPS) is 20.5. The average molecular weight is 369 g/mol. The Bertz CT molecular complexity index is 839. The second-order valence-electron chi connectivity index (χ2n) is 5.50. The van der Waals surface area contributed by atoms with E-state index < -0.39 is 24.2 Å². The molecule has 8 heteroatoms. The first-order chi connectivity index (χ1) is 11.7. The van der Waals surface area contributed by atoms with Gasteiger partial charge in [0.1, 0.15) is 0 Å². The van der Waals surface area contributed by atoms with E-state index in [1.165, 1.54) is 24.3 Å². The van der Waals surface area contributed by atoms with Crippen LogP contribution >= 0.6 is 11.6 Å². The maximum atomic E-state index is 13.5. The first-order valence-electron chi connectivity index (χ1n) is 7.25. The number of benzene rings is 2. The lowest BCUT2D eigenvalue weighted by atomic mass is 10.0. The molecule has 25 heavy (non-hydrogen) atoms. The van der Waals surface area contributed by atoms with Crippen molar-refractivity contribution in [3.8, 4) is 0 Å². The molecule has 130 valence electrons. The van der Waals surface area contributed by atoms with Gasteiger partial charge in [-0.25, -0.2) is 0 Å². The maximum Gasteiger partial charge on any atom is 0.438 e. The lowest BCUT2D eigenvalue weighted by Gasteiger charge is -2.32. The van der Waals surface area contributed by atoms with Crippen molar-refractivity contribution in [1.82, 2.24) is 5.01 Å². The monoisotopic (exact) mass is 368 g/mol. The summed E-state index contributed by atoms with van der Waals surface area (Å²) in [5, 5.41) is 14.1. The quantitative estimate of drug-likeness (QED) is 0.875. The van der Waals surface area contributed by atoms with Crippen LogP contribution in [0.3, 0.4) is 0 Å². The third-order valence-electron chi connectivity index (χ3n) is 3.84. The van der Waals surface area contributed by atoms with Crippen molar-refractivity contribution in [3.63, 3.8) is 0 Å². The number of aliphatic hydroxyl groups is 1. The standard InChI is InChI=1S/C17H12ClF3N2O2/c18-13-9-5-4-8-12(13)15(24)23-16(25,17(19,20)21)10-14(22-23)11-6-2-1-3-7-11/h1-9,25H,10H2. The van der Waals surface area contributed by atoms with Crippen molar-refractivity contribution in [2.75, 3.05) is 0 Å². The molecule has 0 aromatic heterocycles. The highest BCUT2D eigenvalue weighted by molar-refractivity contribution is 6.33. The van der Waals surface area contributed by atoms with E-state index in [-0.39, 0.29) is 21.3 Å². The fourth-order valence-corrected chi connectivity index (χ4v) is 2.74. The molecule has 0 bridgehead atoms. The van der Waals surface area contributed by atoms with Gasteiger partial charge in [-0.3, -0.25) is 4.79 Å². The van der Waals surface area contributed by atoms with E-state index in [0.717, 1.165) is 0 Å². The minimum absolute atomic E-state index is 0.0274. The van der Waals surface area contributed by atoms with Crippen LogP contribution in [0.2, 0.25) is 5.02 Å². The zero-order valence-corrected chi connectivity index (χ0v) is 13.4. The number of carbonyl (C=O) groups excluding carboxylic acids is 1. The van der Waals surface area contributed by atoms with Crippen LogP contribution in [0.15, 0.2) is 59.7 Å². The summed E-state index contributed by atoms with van der Waals surface area (Å²) in [6, 6.07) is 13.7. The van der Waals surface area contributed by atoms with Gasteiger partial charge in [-0.15, -0.1) is 0 Å². The summed E-state index contributed by atoms with van der Waals surface area (Å²) in [6.07, 6.45) is -5.96. The molecule has 1 N–H and O–H groups in total. The van der Waals surface area contributed by atoms with Crippen LogP contribution in [0.1, 0.15) is 22.3 Å². The number of rotatable bonds is 2. The van der Waals surface area contributed by atoms with E-state index >= 15 is 0 Å². The van der Waals surface area contributed by atoms with Crippen molar-refractivity contribution in [2.45, 2.75) is 18.3 Å². The number of halogens is 4. The number of hydrazone groups is 1. The van der Waals surface area contributed by atoms with E-state index in [9.17, 15) is 23.1 Å². The number of hydrogen-bond donors (Lipinski definition) is 1. The highest BCUT2D eigenvalue weighted by atomic mass is 35.5. The maximum absolute atomic E-state index is 13.5. The van der Waals surface area contributed by atoms with Gasteiger partial charge < -0.3 is 5.11 Å². The van der Waals surface area contributed by atoms with E-state index in [4.69, 9.17) is 11.6 Å². The summed E-state index contributed by atoms with van der Waals surface area (Å²) in [6.45, 7) is 0. The van der Waals surface area contributed by atoms with E-state index in [2.05, 4.69) is 5.10 Å². The number of amides is 1. The van der Waals surface area contributed by atoms with E-state index in [0.29, 0.717) is 5.56 Å². The lowest BCUT2D eigenvalue weighted by molar-refractivity contribution is -0.297. The number of nitrogens with zero attached hydrogens (tertiary/aromatic N) is 2. The Labute approximate surface area is 146 Å². The first kappa shape index (κ1) is 17.4. The van der Waals surface area contributed by atoms with Crippen molar-refractivity contribution in [3.05, 3.63) is 70.7 Å². The average Bonchev–Trinajstić information content (AvgIpc) is 2.94. The highest BCUT2D eigenvalue weighted by Crippen LogP contribution is 2.42. The predicted molar refractivity (Wildman–Crippen MR) is 86.2 cm³/mol. The summed E-state index contributed by atoms with van der Waals surface area (Å²) in [7, 11) is 0. The smallest absolute Gasteiger partial charge is 0.362 e. The fourth-order valence-electron chi connectivity index (χ4n) is 2.52. The SMILES string of the molecule is O=C(c1ccccc1Cl)N1N=C(c2ccccc2)CC1(O)C(F)(F)F. The molecule has 3 rings (SSSR count). The molecular weight excluding hydrogens is 357 g/mol.